The Hall–Kier alpha value is -1.10. The summed E-state index contributed by atoms with van der Waals surface area (Å²) < 4.78 is 6.72. The van der Waals surface area contributed by atoms with Crippen molar-refractivity contribution in [2.75, 3.05) is 23.4 Å². The molecule has 2 aromatic rings. The van der Waals surface area contributed by atoms with E-state index in [0.717, 1.165) is 25.7 Å². The number of nitrogens with zero attached hydrogens (tertiary/aromatic N) is 2. The summed E-state index contributed by atoms with van der Waals surface area (Å²) in [6.45, 7) is 6.12. The van der Waals surface area contributed by atoms with Crippen LogP contribution in [0.25, 0.3) is 0 Å². The average molecular weight is 418 g/mol. The van der Waals surface area contributed by atoms with E-state index in [1.54, 1.807) is 24.8 Å². The van der Waals surface area contributed by atoms with Gasteiger partial charge in [-0.1, -0.05) is 48.7 Å². The molecule has 0 aromatic carbocycles. The van der Waals surface area contributed by atoms with Crippen LogP contribution < -0.4 is 5.32 Å². The highest BCUT2D eigenvalue weighted by Crippen LogP contribution is 2.31. The van der Waals surface area contributed by atoms with E-state index in [0.29, 0.717) is 17.2 Å². The smallest absolute Gasteiger partial charge is 0.341 e. The van der Waals surface area contributed by atoms with Crippen LogP contribution in [0.5, 0.6) is 0 Å². The summed E-state index contributed by atoms with van der Waals surface area (Å²) >= 11 is 5.85. The Labute approximate surface area is 163 Å². The van der Waals surface area contributed by atoms with Crippen molar-refractivity contribution >= 4 is 63.1 Å². The van der Waals surface area contributed by atoms with Crippen LogP contribution in [0.15, 0.2) is 14.7 Å². The highest BCUT2D eigenvalue weighted by molar-refractivity contribution is 8.03. The molecule has 0 bridgehead atoms. The maximum absolute atomic E-state index is 12.2. The highest BCUT2D eigenvalue weighted by Gasteiger charge is 2.19. The van der Waals surface area contributed by atoms with Gasteiger partial charge in [0.15, 0.2) is 8.68 Å². The topological polar surface area (TPSA) is 81.2 Å². The Morgan fingerprint density at radius 3 is 2.52 bits per heavy atom. The van der Waals surface area contributed by atoms with E-state index < -0.39 is 5.97 Å². The first-order valence-electron chi connectivity index (χ1n) is 7.76. The lowest BCUT2D eigenvalue weighted by molar-refractivity contribution is -0.113. The quantitative estimate of drug-likeness (QED) is 0.484. The first-order chi connectivity index (χ1) is 12.1. The van der Waals surface area contributed by atoms with Crippen LogP contribution in [0.4, 0.5) is 5.00 Å². The molecule has 0 saturated heterocycles. The van der Waals surface area contributed by atoms with Crippen LogP contribution in [0.2, 0.25) is 0 Å². The zero-order valence-corrected chi connectivity index (χ0v) is 17.4. The van der Waals surface area contributed by atoms with Gasteiger partial charge in [0, 0.05) is 4.88 Å². The zero-order chi connectivity index (χ0) is 18.2. The van der Waals surface area contributed by atoms with Gasteiger partial charge in [-0.15, -0.1) is 21.5 Å². The Bertz CT molecular complexity index is 729. The molecular formula is C15H19N3O3S4. The average Bonchev–Trinajstić information content (AvgIpc) is 3.20. The van der Waals surface area contributed by atoms with E-state index in [4.69, 9.17) is 4.74 Å². The summed E-state index contributed by atoms with van der Waals surface area (Å²) in [5.74, 6) is 0.563. The molecule has 0 radical (unpaired) electrons. The molecular weight excluding hydrogens is 398 g/mol. The Kier molecular flexibility index (Phi) is 8.20. The van der Waals surface area contributed by atoms with Crippen molar-refractivity contribution in [2.45, 2.75) is 35.9 Å². The fourth-order valence-corrected chi connectivity index (χ4v) is 5.51. The van der Waals surface area contributed by atoms with Crippen molar-refractivity contribution in [2.24, 2.45) is 0 Å². The molecule has 6 nitrogen and oxygen atoms in total. The molecule has 10 heteroatoms. The molecule has 0 aliphatic carbocycles. The summed E-state index contributed by atoms with van der Waals surface area (Å²) in [5, 5.41) is 11.5. The summed E-state index contributed by atoms with van der Waals surface area (Å²) in [6.07, 6.45) is 0.796. The third-order valence-corrected chi connectivity index (χ3v) is 7.13. The fraction of sp³-hybridized carbons (Fsp3) is 0.467. The molecule has 1 amide bonds. The number of thiophene rings is 1. The second-order valence-electron chi connectivity index (χ2n) is 4.63. The van der Waals surface area contributed by atoms with Gasteiger partial charge in [-0.2, -0.15) is 0 Å². The number of hydrogen-bond acceptors (Lipinski definition) is 9. The molecule has 2 heterocycles. The maximum atomic E-state index is 12.2. The van der Waals surface area contributed by atoms with Gasteiger partial charge in [0.1, 0.15) is 5.00 Å². The number of nitrogens with one attached hydrogen (secondary N) is 1. The SMILES string of the molecule is CCOC(=O)c1cc(CC)sc1NC(=O)CSc1nnc(SCC)s1. The molecule has 0 aliphatic rings. The Morgan fingerprint density at radius 1 is 1.16 bits per heavy atom. The number of thioether (sulfide) groups is 2. The number of hydrogen-bond donors (Lipinski definition) is 1. The van der Waals surface area contributed by atoms with Crippen molar-refractivity contribution in [1.29, 1.82) is 0 Å². The molecule has 0 saturated carbocycles. The number of anilines is 1. The van der Waals surface area contributed by atoms with Crippen LogP contribution in [0.3, 0.4) is 0 Å². The minimum Gasteiger partial charge on any atom is -0.462 e. The Morgan fingerprint density at radius 2 is 1.88 bits per heavy atom. The molecule has 0 fully saturated rings. The number of carbonyl (C=O) groups excluding carboxylic acids is 2. The zero-order valence-electron chi connectivity index (χ0n) is 14.2. The molecule has 25 heavy (non-hydrogen) atoms. The van der Waals surface area contributed by atoms with E-state index in [2.05, 4.69) is 22.4 Å². The van der Waals surface area contributed by atoms with Crippen molar-refractivity contribution in [3.05, 3.63) is 16.5 Å². The second kappa shape index (κ2) is 10.1. The molecule has 1 N–H and O–H groups in total. The lowest BCUT2D eigenvalue weighted by Crippen LogP contribution is -2.15. The minimum atomic E-state index is -0.410. The second-order valence-corrected chi connectivity index (χ2v) is 9.48. The lowest BCUT2D eigenvalue weighted by Gasteiger charge is -2.05. The third-order valence-electron chi connectivity index (χ3n) is 2.86. The molecule has 0 unspecified atom stereocenters. The molecule has 0 spiro atoms. The van der Waals surface area contributed by atoms with Gasteiger partial charge in [-0.3, -0.25) is 4.79 Å². The van der Waals surface area contributed by atoms with Crippen LogP contribution in [-0.2, 0) is 16.0 Å². The number of rotatable bonds is 9. The molecule has 136 valence electrons. The van der Waals surface area contributed by atoms with Crippen LogP contribution in [0, 0.1) is 0 Å². The standard InChI is InChI=1S/C15H19N3O3S4/c1-4-9-7-10(13(20)21-5-2)12(24-9)16-11(19)8-23-15-18-17-14(25-15)22-6-3/h7H,4-6,8H2,1-3H3,(H,16,19). The first-order valence-corrected chi connectivity index (χ1v) is 11.4. The van der Waals surface area contributed by atoms with Gasteiger partial charge in [-0.25, -0.2) is 4.79 Å². The van der Waals surface area contributed by atoms with E-state index >= 15 is 0 Å². The molecule has 0 atom stereocenters. The van der Waals surface area contributed by atoms with Crippen molar-refractivity contribution in [1.82, 2.24) is 10.2 Å². The fourth-order valence-electron chi connectivity index (χ4n) is 1.80. The monoisotopic (exact) mass is 417 g/mol. The van der Waals surface area contributed by atoms with Crippen LogP contribution in [0.1, 0.15) is 36.0 Å². The van der Waals surface area contributed by atoms with Crippen LogP contribution >= 0.6 is 46.2 Å². The van der Waals surface area contributed by atoms with E-state index in [1.807, 2.05) is 6.92 Å². The van der Waals surface area contributed by atoms with E-state index in [-0.39, 0.29) is 11.7 Å². The van der Waals surface area contributed by atoms with Gasteiger partial charge in [-0.05, 0) is 25.2 Å². The third kappa shape index (κ3) is 5.98. The summed E-state index contributed by atoms with van der Waals surface area (Å²) in [6, 6.07) is 1.78. The molecule has 2 rings (SSSR count). The van der Waals surface area contributed by atoms with E-state index in [9.17, 15) is 9.59 Å². The summed E-state index contributed by atoms with van der Waals surface area (Å²) in [7, 11) is 0. The van der Waals surface area contributed by atoms with Gasteiger partial charge in [0.25, 0.3) is 0 Å². The van der Waals surface area contributed by atoms with Crippen molar-refractivity contribution in [3.8, 4) is 0 Å². The van der Waals surface area contributed by atoms with Crippen LogP contribution in [-0.4, -0.2) is 40.2 Å². The molecule has 2 aromatic heterocycles. The summed E-state index contributed by atoms with van der Waals surface area (Å²) in [5.41, 5.74) is 0.416. The number of aromatic nitrogens is 2. The van der Waals surface area contributed by atoms with Gasteiger partial charge in [0.05, 0.1) is 17.9 Å². The number of esters is 1. The highest BCUT2D eigenvalue weighted by atomic mass is 32.2. The summed E-state index contributed by atoms with van der Waals surface area (Å²) in [4.78, 5) is 25.3. The van der Waals surface area contributed by atoms with Gasteiger partial charge >= 0.3 is 5.97 Å². The van der Waals surface area contributed by atoms with Gasteiger partial charge < -0.3 is 10.1 Å². The molecule has 0 aliphatic heterocycles. The van der Waals surface area contributed by atoms with E-state index in [1.165, 1.54) is 34.4 Å². The van der Waals surface area contributed by atoms with Crippen molar-refractivity contribution in [3.63, 3.8) is 0 Å². The lowest BCUT2D eigenvalue weighted by atomic mass is 10.2. The minimum absolute atomic E-state index is 0.181. The van der Waals surface area contributed by atoms with Crippen molar-refractivity contribution < 1.29 is 14.3 Å². The maximum Gasteiger partial charge on any atom is 0.341 e. The number of carbonyl (C=O) groups is 2. The van der Waals surface area contributed by atoms with Gasteiger partial charge in [0.2, 0.25) is 5.91 Å². The Balaban J connectivity index is 1.97. The number of amides is 1. The largest absolute Gasteiger partial charge is 0.462 e. The first kappa shape index (κ1) is 20.2. The predicted octanol–water partition coefficient (Wildman–Crippen LogP) is 4.18. The number of aryl methyl sites for hydroxylation is 1. The predicted molar refractivity (Wildman–Crippen MR) is 105 cm³/mol. The normalized spacial score (nSPS) is 10.7. The number of ether oxygens (including phenoxy) is 1.